The lowest BCUT2D eigenvalue weighted by Crippen LogP contribution is -2.04. The van der Waals surface area contributed by atoms with E-state index in [4.69, 9.17) is 5.11 Å². The van der Waals surface area contributed by atoms with E-state index in [0.29, 0.717) is 5.12 Å². The highest BCUT2D eigenvalue weighted by Crippen LogP contribution is 2.28. The van der Waals surface area contributed by atoms with Gasteiger partial charge >= 0.3 is 0 Å². The second-order valence-corrected chi connectivity index (χ2v) is 3.62. The van der Waals surface area contributed by atoms with Gasteiger partial charge in [0.15, 0.2) is 5.12 Å². The molecule has 1 aliphatic heterocycles. The van der Waals surface area contributed by atoms with E-state index in [1.54, 1.807) is 0 Å². The van der Waals surface area contributed by atoms with E-state index in [0.717, 1.165) is 25.0 Å². The molecule has 1 heterocycles. The summed E-state index contributed by atoms with van der Waals surface area (Å²) in [4.78, 5) is 11.0. The summed E-state index contributed by atoms with van der Waals surface area (Å²) < 4.78 is 0. The minimum atomic E-state index is 0.217. The summed E-state index contributed by atoms with van der Waals surface area (Å²) in [6.07, 6.45) is 2.67. The SMILES string of the molecule is O=C1SCCC1CCCO. The molecule has 0 saturated carbocycles. The maximum atomic E-state index is 11.0. The predicted molar refractivity (Wildman–Crippen MR) is 41.9 cm³/mol. The van der Waals surface area contributed by atoms with Crippen LogP contribution in [0.25, 0.3) is 0 Å². The Kier molecular flexibility index (Phi) is 3.22. The van der Waals surface area contributed by atoms with Gasteiger partial charge in [-0.2, -0.15) is 0 Å². The normalized spacial score (nSPS) is 25.7. The van der Waals surface area contributed by atoms with Crippen LogP contribution in [-0.4, -0.2) is 22.6 Å². The Hall–Kier alpha value is -0.0200. The molecular formula is C7H12O2S. The fraction of sp³-hybridized carbons (Fsp3) is 0.857. The summed E-state index contributed by atoms with van der Waals surface area (Å²) in [5, 5.41) is 8.82. The highest BCUT2D eigenvalue weighted by atomic mass is 32.2. The molecule has 10 heavy (non-hydrogen) atoms. The minimum absolute atomic E-state index is 0.217. The molecular weight excluding hydrogens is 148 g/mol. The highest BCUT2D eigenvalue weighted by Gasteiger charge is 2.24. The van der Waals surface area contributed by atoms with Crippen molar-refractivity contribution >= 4 is 16.9 Å². The van der Waals surface area contributed by atoms with Gasteiger partial charge in [-0.15, -0.1) is 0 Å². The van der Waals surface area contributed by atoms with Crippen LogP contribution in [0.5, 0.6) is 0 Å². The van der Waals surface area contributed by atoms with Crippen LogP contribution in [0, 0.1) is 5.92 Å². The Morgan fingerprint density at radius 1 is 1.70 bits per heavy atom. The Morgan fingerprint density at radius 2 is 2.50 bits per heavy atom. The zero-order valence-corrected chi connectivity index (χ0v) is 6.69. The molecule has 58 valence electrons. The van der Waals surface area contributed by atoms with Crippen molar-refractivity contribution < 1.29 is 9.90 Å². The molecule has 0 aromatic rings. The van der Waals surface area contributed by atoms with Crippen LogP contribution in [0.2, 0.25) is 0 Å². The summed E-state index contributed by atoms with van der Waals surface area (Å²) in [5.74, 6) is 1.23. The lowest BCUT2D eigenvalue weighted by molar-refractivity contribution is -0.114. The first-order chi connectivity index (χ1) is 4.84. The Balaban J connectivity index is 2.20. The maximum absolute atomic E-state index is 11.0. The molecule has 2 nitrogen and oxygen atoms in total. The van der Waals surface area contributed by atoms with Gasteiger partial charge in [-0.25, -0.2) is 0 Å². The third kappa shape index (κ3) is 1.99. The van der Waals surface area contributed by atoms with Crippen molar-refractivity contribution in [2.45, 2.75) is 19.3 Å². The third-order valence-electron chi connectivity index (χ3n) is 1.75. The zero-order chi connectivity index (χ0) is 7.40. The van der Waals surface area contributed by atoms with E-state index >= 15 is 0 Å². The average Bonchev–Trinajstić information content (AvgIpc) is 2.31. The minimum Gasteiger partial charge on any atom is -0.396 e. The zero-order valence-electron chi connectivity index (χ0n) is 5.88. The summed E-state index contributed by atoms with van der Waals surface area (Å²) in [5.41, 5.74) is 0. The van der Waals surface area contributed by atoms with E-state index in [-0.39, 0.29) is 12.5 Å². The van der Waals surface area contributed by atoms with Gasteiger partial charge in [-0.1, -0.05) is 11.8 Å². The number of carbonyl (C=O) groups is 1. The van der Waals surface area contributed by atoms with Crippen molar-refractivity contribution in [3.8, 4) is 0 Å². The van der Waals surface area contributed by atoms with Crippen molar-refractivity contribution in [2.24, 2.45) is 5.92 Å². The van der Waals surface area contributed by atoms with E-state index in [1.165, 1.54) is 11.8 Å². The van der Waals surface area contributed by atoms with Crippen molar-refractivity contribution in [1.29, 1.82) is 0 Å². The molecule has 1 saturated heterocycles. The first-order valence-corrected chi connectivity index (χ1v) is 4.60. The Morgan fingerprint density at radius 3 is 3.00 bits per heavy atom. The molecule has 3 heteroatoms. The van der Waals surface area contributed by atoms with E-state index in [1.807, 2.05) is 0 Å². The van der Waals surface area contributed by atoms with Gasteiger partial charge in [0.25, 0.3) is 0 Å². The number of aliphatic hydroxyl groups is 1. The lowest BCUT2D eigenvalue weighted by atomic mass is 10.0. The van der Waals surface area contributed by atoms with Crippen molar-refractivity contribution in [1.82, 2.24) is 0 Å². The number of hydrogen-bond donors (Lipinski definition) is 1. The summed E-state index contributed by atoms with van der Waals surface area (Å²) >= 11 is 1.44. The smallest absolute Gasteiger partial charge is 0.192 e. The summed E-state index contributed by atoms with van der Waals surface area (Å²) in [7, 11) is 0. The van der Waals surface area contributed by atoms with Gasteiger partial charge in [0, 0.05) is 18.3 Å². The molecule has 0 aromatic heterocycles. The van der Waals surface area contributed by atoms with Gasteiger partial charge in [0.2, 0.25) is 0 Å². The van der Waals surface area contributed by atoms with E-state index in [9.17, 15) is 4.79 Å². The van der Waals surface area contributed by atoms with Crippen molar-refractivity contribution in [3.05, 3.63) is 0 Å². The fourth-order valence-electron chi connectivity index (χ4n) is 1.14. The molecule has 0 amide bonds. The highest BCUT2D eigenvalue weighted by molar-refractivity contribution is 8.14. The maximum Gasteiger partial charge on any atom is 0.192 e. The molecule has 1 atom stereocenters. The molecule has 0 spiro atoms. The molecule has 1 unspecified atom stereocenters. The topological polar surface area (TPSA) is 37.3 Å². The third-order valence-corrected chi connectivity index (χ3v) is 2.81. The number of rotatable bonds is 3. The second kappa shape index (κ2) is 3.98. The molecule has 1 aliphatic rings. The molecule has 0 radical (unpaired) electrons. The molecule has 1 fully saturated rings. The molecule has 0 bridgehead atoms. The first kappa shape index (κ1) is 8.08. The quantitative estimate of drug-likeness (QED) is 0.670. The largest absolute Gasteiger partial charge is 0.396 e. The average molecular weight is 160 g/mol. The Bertz CT molecular complexity index is 125. The molecule has 1 N–H and O–H groups in total. The van der Waals surface area contributed by atoms with Crippen LogP contribution in [0.1, 0.15) is 19.3 Å². The number of aliphatic hydroxyl groups excluding tert-OH is 1. The van der Waals surface area contributed by atoms with Crippen LogP contribution in [-0.2, 0) is 4.79 Å². The van der Waals surface area contributed by atoms with E-state index in [2.05, 4.69) is 0 Å². The van der Waals surface area contributed by atoms with Gasteiger partial charge < -0.3 is 5.11 Å². The predicted octanol–water partition coefficient (Wildman–Crippen LogP) is 1.04. The number of hydrogen-bond acceptors (Lipinski definition) is 3. The standard InChI is InChI=1S/C7H12O2S/c8-4-1-2-6-3-5-10-7(6)9/h6,8H,1-5H2. The second-order valence-electron chi connectivity index (χ2n) is 2.52. The van der Waals surface area contributed by atoms with Crippen LogP contribution >= 0.6 is 11.8 Å². The van der Waals surface area contributed by atoms with Crippen molar-refractivity contribution in [3.63, 3.8) is 0 Å². The van der Waals surface area contributed by atoms with Crippen LogP contribution in [0.4, 0.5) is 0 Å². The summed E-state index contributed by atoms with van der Waals surface area (Å²) in [6.45, 7) is 0.217. The van der Waals surface area contributed by atoms with Crippen LogP contribution < -0.4 is 0 Å². The van der Waals surface area contributed by atoms with Crippen LogP contribution in [0.15, 0.2) is 0 Å². The van der Waals surface area contributed by atoms with Gasteiger partial charge in [-0.3, -0.25) is 4.79 Å². The van der Waals surface area contributed by atoms with Crippen molar-refractivity contribution in [2.75, 3.05) is 12.4 Å². The van der Waals surface area contributed by atoms with E-state index < -0.39 is 0 Å². The summed E-state index contributed by atoms with van der Waals surface area (Å²) in [6, 6.07) is 0. The van der Waals surface area contributed by atoms with Crippen LogP contribution in [0.3, 0.4) is 0 Å². The first-order valence-electron chi connectivity index (χ1n) is 3.62. The number of thioether (sulfide) groups is 1. The lowest BCUT2D eigenvalue weighted by Gasteiger charge is -2.02. The monoisotopic (exact) mass is 160 g/mol. The van der Waals surface area contributed by atoms with Gasteiger partial charge in [0.1, 0.15) is 0 Å². The van der Waals surface area contributed by atoms with Gasteiger partial charge in [-0.05, 0) is 19.3 Å². The molecule has 1 rings (SSSR count). The molecule has 0 aliphatic carbocycles. The number of carbonyl (C=O) groups excluding carboxylic acids is 1. The fourth-order valence-corrected chi connectivity index (χ4v) is 2.21. The van der Waals surface area contributed by atoms with Gasteiger partial charge in [0.05, 0.1) is 0 Å². The Labute approximate surface area is 65.0 Å². The molecule has 0 aromatic carbocycles.